The van der Waals surface area contributed by atoms with Gasteiger partial charge in [-0.05, 0) is 36.6 Å². The summed E-state index contributed by atoms with van der Waals surface area (Å²) < 4.78 is 49.8. The summed E-state index contributed by atoms with van der Waals surface area (Å²) in [6, 6.07) is 2.69. The summed E-state index contributed by atoms with van der Waals surface area (Å²) in [7, 11) is 0. The van der Waals surface area contributed by atoms with Crippen LogP contribution >= 0.6 is 0 Å². The van der Waals surface area contributed by atoms with Gasteiger partial charge in [-0.2, -0.15) is 13.2 Å². The number of rotatable bonds is 3. The summed E-state index contributed by atoms with van der Waals surface area (Å²) in [5.41, 5.74) is -0.502. The van der Waals surface area contributed by atoms with Gasteiger partial charge in [0, 0.05) is 0 Å². The molecular formula is C11H12F4. The van der Waals surface area contributed by atoms with E-state index in [0.717, 1.165) is 25.0 Å². The van der Waals surface area contributed by atoms with Crippen LogP contribution in [0.1, 0.15) is 30.9 Å². The van der Waals surface area contributed by atoms with Gasteiger partial charge >= 0.3 is 6.18 Å². The normalized spacial score (nSPS) is 11.8. The maximum atomic E-state index is 12.9. The summed E-state index contributed by atoms with van der Waals surface area (Å²) in [6.45, 7) is 1.93. The van der Waals surface area contributed by atoms with Gasteiger partial charge in [0.15, 0.2) is 0 Å². The highest BCUT2D eigenvalue weighted by Crippen LogP contribution is 2.30. The Bertz CT molecular complexity index is 328. The van der Waals surface area contributed by atoms with Crippen molar-refractivity contribution in [1.29, 1.82) is 0 Å². The molecule has 1 aromatic rings. The van der Waals surface area contributed by atoms with Crippen LogP contribution in [0.2, 0.25) is 0 Å². The molecule has 1 rings (SSSR count). The molecule has 15 heavy (non-hydrogen) atoms. The molecule has 0 unspecified atom stereocenters. The van der Waals surface area contributed by atoms with Crippen molar-refractivity contribution < 1.29 is 17.6 Å². The molecule has 0 bridgehead atoms. The van der Waals surface area contributed by atoms with Crippen LogP contribution in [0.5, 0.6) is 0 Å². The highest BCUT2D eigenvalue weighted by atomic mass is 19.4. The molecule has 84 valence electrons. The fourth-order valence-electron chi connectivity index (χ4n) is 1.34. The van der Waals surface area contributed by atoms with E-state index in [2.05, 4.69) is 0 Å². The largest absolute Gasteiger partial charge is 0.416 e. The molecule has 0 heterocycles. The van der Waals surface area contributed by atoms with Crippen molar-refractivity contribution >= 4 is 0 Å². The lowest BCUT2D eigenvalue weighted by Crippen LogP contribution is -2.06. The van der Waals surface area contributed by atoms with E-state index in [1.807, 2.05) is 6.92 Å². The van der Waals surface area contributed by atoms with E-state index in [4.69, 9.17) is 0 Å². The Labute approximate surface area is 85.9 Å². The molecule has 0 spiro atoms. The van der Waals surface area contributed by atoms with Gasteiger partial charge in [0.2, 0.25) is 0 Å². The van der Waals surface area contributed by atoms with Crippen molar-refractivity contribution in [3.63, 3.8) is 0 Å². The van der Waals surface area contributed by atoms with Crippen LogP contribution in [0, 0.1) is 5.82 Å². The molecule has 4 heteroatoms. The number of halogens is 4. The lowest BCUT2D eigenvalue weighted by atomic mass is 10.0. The lowest BCUT2D eigenvalue weighted by Gasteiger charge is -2.09. The van der Waals surface area contributed by atoms with Gasteiger partial charge in [-0.25, -0.2) is 4.39 Å². The van der Waals surface area contributed by atoms with Crippen molar-refractivity contribution in [2.45, 2.75) is 32.4 Å². The van der Waals surface area contributed by atoms with Gasteiger partial charge in [-0.15, -0.1) is 0 Å². The van der Waals surface area contributed by atoms with E-state index in [-0.39, 0.29) is 0 Å². The van der Waals surface area contributed by atoms with Crippen molar-refractivity contribution in [2.75, 3.05) is 0 Å². The zero-order chi connectivity index (χ0) is 11.5. The Hall–Kier alpha value is -1.06. The van der Waals surface area contributed by atoms with E-state index in [0.29, 0.717) is 18.1 Å². The fourth-order valence-corrected chi connectivity index (χ4v) is 1.34. The molecule has 0 aliphatic rings. The quantitative estimate of drug-likeness (QED) is 0.670. The zero-order valence-corrected chi connectivity index (χ0v) is 8.37. The molecule has 0 saturated carbocycles. The highest BCUT2D eigenvalue weighted by Gasteiger charge is 2.31. The number of hydrogen-bond donors (Lipinski definition) is 0. The molecule has 0 amide bonds. The lowest BCUT2D eigenvalue weighted by molar-refractivity contribution is -0.137. The number of unbranched alkanes of at least 4 members (excludes halogenated alkanes) is 1. The molecule has 1 aromatic carbocycles. The third-order valence-electron chi connectivity index (χ3n) is 2.10. The molecule has 0 fully saturated rings. The smallest absolute Gasteiger partial charge is 0.207 e. The van der Waals surface area contributed by atoms with Crippen LogP contribution in [-0.2, 0) is 12.6 Å². The Balaban J connectivity index is 2.95. The number of aryl methyl sites for hydroxylation is 1. The van der Waals surface area contributed by atoms with E-state index >= 15 is 0 Å². The van der Waals surface area contributed by atoms with E-state index < -0.39 is 17.6 Å². The van der Waals surface area contributed by atoms with Crippen molar-refractivity contribution in [3.8, 4) is 0 Å². The Morgan fingerprint density at radius 3 is 2.33 bits per heavy atom. The number of alkyl halides is 3. The van der Waals surface area contributed by atoms with Gasteiger partial charge in [-0.1, -0.05) is 13.3 Å². The molecule has 0 saturated heterocycles. The maximum absolute atomic E-state index is 12.9. The molecule has 0 atom stereocenters. The van der Waals surface area contributed by atoms with Crippen LogP contribution in [0.25, 0.3) is 0 Å². The van der Waals surface area contributed by atoms with Gasteiger partial charge in [-0.3, -0.25) is 0 Å². The highest BCUT2D eigenvalue weighted by molar-refractivity contribution is 5.26. The summed E-state index contributed by atoms with van der Waals surface area (Å²) in [5.74, 6) is -0.823. The minimum atomic E-state index is -4.47. The van der Waals surface area contributed by atoms with E-state index in [1.165, 1.54) is 0 Å². The minimum Gasteiger partial charge on any atom is -0.207 e. The second kappa shape index (κ2) is 4.64. The van der Waals surface area contributed by atoms with Gasteiger partial charge in [0.25, 0.3) is 0 Å². The van der Waals surface area contributed by atoms with Crippen LogP contribution in [0.3, 0.4) is 0 Å². The number of benzene rings is 1. The average molecular weight is 220 g/mol. The summed E-state index contributed by atoms with van der Waals surface area (Å²) in [5, 5.41) is 0. The summed E-state index contributed by atoms with van der Waals surface area (Å²) in [4.78, 5) is 0. The van der Waals surface area contributed by atoms with E-state index in [1.54, 1.807) is 0 Å². The standard InChI is InChI=1S/C11H12F4/c1-2-3-4-8-5-9(11(13,14)15)7-10(12)6-8/h5-7H,2-4H2,1H3. The van der Waals surface area contributed by atoms with Gasteiger partial charge in [0.05, 0.1) is 5.56 Å². The molecule has 0 radical (unpaired) electrons. The predicted molar refractivity (Wildman–Crippen MR) is 50.0 cm³/mol. The summed E-state index contributed by atoms with van der Waals surface area (Å²) in [6.07, 6.45) is -2.35. The fraction of sp³-hybridized carbons (Fsp3) is 0.455. The molecule has 0 aliphatic carbocycles. The van der Waals surface area contributed by atoms with Crippen molar-refractivity contribution in [2.24, 2.45) is 0 Å². The number of hydrogen-bond acceptors (Lipinski definition) is 0. The molecular weight excluding hydrogens is 208 g/mol. The van der Waals surface area contributed by atoms with Crippen LogP contribution in [-0.4, -0.2) is 0 Å². The van der Waals surface area contributed by atoms with Crippen LogP contribution in [0.15, 0.2) is 18.2 Å². The Kier molecular flexibility index (Phi) is 3.72. The first-order chi connectivity index (χ1) is 6.93. The average Bonchev–Trinajstić information content (AvgIpc) is 2.12. The van der Waals surface area contributed by atoms with E-state index in [9.17, 15) is 17.6 Å². The van der Waals surface area contributed by atoms with Crippen LogP contribution in [0.4, 0.5) is 17.6 Å². The molecule has 0 nitrogen and oxygen atoms in total. The third-order valence-corrected chi connectivity index (χ3v) is 2.10. The first-order valence-electron chi connectivity index (χ1n) is 4.80. The second-order valence-electron chi connectivity index (χ2n) is 3.45. The van der Waals surface area contributed by atoms with Crippen LogP contribution < -0.4 is 0 Å². The maximum Gasteiger partial charge on any atom is 0.416 e. The Morgan fingerprint density at radius 2 is 1.80 bits per heavy atom. The molecule has 0 aromatic heterocycles. The first kappa shape index (κ1) is 12.0. The predicted octanol–water partition coefficient (Wildman–Crippen LogP) is 4.19. The monoisotopic (exact) mass is 220 g/mol. The molecule has 0 N–H and O–H groups in total. The van der Waals surface area contributed by atoms with Gasteiger partial charge in [0.1, 0.15) is 5.82 Å². The SMILES string of the molecule is CCCCc1cc(F)cc(C(F)(F)F)c1. The van der Waals surface area contributed by atoms with Crippen molar-refractivity contribution in [3.05, 3.63) is 35.1 Å². The topological polar surface area (TPSA) is 0 Å². The first-order valence-corrected chi connectivity index (χ1v) is 4.80. The Morgan fingerprint density at radius 1 is 1.13 bits per heavy atom. The van der Waals surface area contributed by atoms with Gasteiger partial charge < -0.3 is 0 Å². The summed E-state index contributed by atoms with van der Waals surface area (Å²) >= 11 is 0. The third kappa shape index (κ3) is 3.53. The second-order valence-corrected chi connectivity index (χ2v) is 3.45. The van der Waals surface area contributed by atoms with Crippen molar-refractivity contribution in [1.82, 2.24) is 0 Å². The minimum absolute atomic E-state index is 0.407. The molecule has 0 aliphatic heterocycles. The zero-order valence-electron chi connectivity index (χ0n) is 8.37.